The van der Waals surface area contributed by atoms with E-state index in [1.807, 2.05) is 6.07 Å². The lowest BCUT2D eigenvalue weighted by atomic mass is 10.2. The Morgan fingerprint density at radius 2 is 2.39 bits per heavy atom. The van der Waals surface area contributed by atoms with Crippen LogP contribution < -0.4 is 5.32 Å². The smallest absolute Gasteiger partial charge is 0.291 e. The van der Waals surface area contributed by atoms with Crippen molar-refractivity contribution in [1.82, 2.24) is 15.2 Å². The molecule has 0 fully saturated rings. The van der Waals surface area contributed by atoms with Gasteiger partial charge in [-0.25, -0.2) is 4.98 Å². The Balaban J connectivity index is 2.19. The van der Waals surface area contributed by atoms with Crippen LogP contribution in [0.15, 0.2) is 22.9 Å². The summed E-state index contributed by atoms with van der Waals surface area (Å²) in [7, 11) is 0. The van der Waals surface area contributed by atoms with E-state index in [-0.39, 0.29) is 5.69 Å². The van der Waals surface area contributed by atoms with E-state index in [2.05, 4.69) is 36.4 Å². The van der Waals surface area contributed by atoms with Gasteiger partial charge < -0.3 is 5.32 Å². The van der Waals surface area contributed by atoms with Crippen LogP contribution in [0.5, 0.6) is 0 Å². The van der Waals surface area contributed by atoms with Crippen molar-refractivity contribution >= 4 is 27.4 Å². The van der Waals surface area contributed by atoms with E-state index >= 15 is 0 Å². The summed E-state index contributed by atoms with van der Waals surface area (Å²) < 4.78 is 0.594. The van der Waals surface area contributed by atoms with E-state index in [1.165, 1.54) is 6.20 Å². The summed E-state index contributed by atoms with van der Waals surface area (Å²) in [6.07, 6.45) is 2.90. The van der Waals surface area contributed by atoms with Gasteiger partial charge in [0, 0.05) is 11.8 Å². The van der Waals surface area contributed by atoms with Crippen LogP contribution in [0, 0.1) is 17.0 Å². The van der Waals surface area contributed by atoms with E-state index in [4.69, 9.17) is 0 Å². The molecule has 2 aromatic rings. The second-order valence-electron chi connectivity index (χ2n) is 3.62. The predicted molar refractivity (Wildman–Crippen MR) is 69.2 cm³/mol. The maximum absolute atomic E-state index is 10.7. The van der Waals surface area contributed by atoms with Crippen LogP contribution in [0.3, 0.4) is 0 Å². The maximum Gasteiger partial charge on any atom is 0.291 e. The number of hydrogen-bond donors (Lipinski definition) is 2. The molecule has 7 nitrogen and oxygen atoms in total. The summed E-state index contributed by atoms with van der Waals surface area (Å²) in [5.74, 6) is 0.563. The van der Waals surface area contributed by atoms with Crippen LogP contribution >= 0.6 is 15.9 Å². The molecule has 18 heavy (non-hydrogen) atoms. The fraction of sp³-hybridized carbons (Fsp3) is 0.200. The lowest BCUT2D eigenvalue weighted by molar-refractivity contribution is -0.385. The van der Waals surface area contributed by atoms with E-state index in [0.29, 0.717) is 22.4 Å². The number of nitrogens with one attached hydrogen (secondary N) is 2. The molecule has 2 aromatic heterocycles. The van der Waals surface area contributed by atoms with Gasteiger partial charge >= 0.3 is 0 Å². The summed E-state index contributed by atoms with van der Waals surface area (Å²) in [4.78, 5) is 14.3. The minimum atomic E-state index is -0.453. The molecule has 0 bridgehead atoms. The topological polar surface area (TPSA) is 96.7 Å². The number of nitrogens with zero attached hydrogens (tertiary/aromatic N) is 3. The zero-order chi connectivity index (χ0) is 13.1. The molecule has 0 amide bonds. The van der Waals surface area contributed by atoms with Crippen molar-refractivity contribution in [2.24, 2.45) is 0 Å². The zero-order valence-electron chi connectivity index (χ0n) is 9.48. The van der Waals surface area contributed by atoms with Gasteiger partial charge in [-0.2, -0.15) is 5.10 Å². The van der Waals surface area contributed by atoms with Crippen molar-refractivity contribution in [3.8, 4) is 0 Å². The minimum absolute atomic E-state index is 0.00559. The molecule has 0 atom stereocenters. The lowest BCUT2D eigenvalue weighted by Gasteiger charge is -2.08. The second kappa shape index (κ2) is 5.13. The number of pyridine rings is 1. The molecular formula is C10H10BrN5O2. The molecule has 0 aliphatic carbocycles. The number of nitro groups is 1. The average Bonchev–Trinajstić information content (AvgIpc) is 2.83. The summed E-state index contributed by atoms with van der Waals surface area (Å²) in [5, 5.41) is 20.4. The number of anilines is 1. The van der Waals surface area contributed by atoms with E-state index in [9.17, 15) is 10.1 Å². The second-order valence-corrected chi connectivity index (χ2v) is 4.42. The Hall–Kier alpha value is -1.96. The standard InChI is InChI=1S/C10H10BrN5O2/c1-6-8(16(17)18)5-13-10(9(6)11)12-4-7-2-3-14-15-7/h2-3,5H,4H2,1H3,(H,12,13)(H,14,15). The minimum Gasteiger partial charge on any atom is -0.363 e. The van der Waals surface area contributed by atoms with Gasteiger partial charge in [-0.05, 0) is 28.9 Å². The Bertz CT molecular complexity index is 570. The van der Waals surface area contributed by atoms with Crippen molar-refractivity contribution < 1.29 is 4.92 Å². The molecule has 0 aromatic carbocycles. The third-order valence-electron chi connectivity index (χ3n) is 2.44. The predicted octanol–water partition coefficient (Wildman–Crippen LogP) is 2.40. The largest absolute Gasteiger partial charge is 0.363 e. The SMILES string of the molecule is Cc1c([N+](=O)[O-])cnc(NCc2ccn[nH]2)c1Br. The van der Waals surface area contributed by atoms with Crippen LogP contribution in [0.25, 0.3) is 0 Å². The van der Waals surface area contributed by atoms with Crippen LogP contribution in [0.1, 0.15) is 11.3 Å². The van der Waals surface area contributed by atoms with Gasteiger partial charge in [-0.3, -0.25) is 15.2 Å². The Morgan fingerprint density at radius 3 is 3.00 bits per heavy atom. The molecule has 0 radical (unpaired) electrons. The Morgan fingerprint density at radius 1 is 1.61 bits per heavy atom. The fourth-order valence-corrected chi connectivity index (χ4v) is 1.88. The molecule has 8 heteroatoms. The van der Waals surface area contributed by atoms with Gasteiger partial charge in [0.2, 0.25) is 0 Å². The van der Waals surface area contributed by atoms with Crippen LogP contribution in [0.2, 0.25) is 0 Å². The molecule has 0 spiro atoms. The highest BCUT2D eigenvalue weighted by Gasteiger charge is 2.16. The summed E-state index contributed by atoms with van der Waals surface area (Å²) in [6, 6.07) is 1.83. The highest BCUT2D eigenvalue weighted by atomic mass is 79.9. The summed E-state index contributed by atoms with van der Waals surface area (Å²) >= 11 is 3.31. The molecule has 0 aliphatic heterocycles. The average molecular weight is 312 g/mol. The number of aromatic amines is 1. The molecule has 0 aliphatic rings. The Labute approximate surface area is 111 Å². The van der Waals surface area contributed by atoms with Gasteiger partial charge in [0.05, 0.1) is 21.6 Å². The van der Waals surface area contributed by atoms with Crippen molar-refractivity contribution in [2.75, 3.05) is 5.32 Å². The van der Waals surface area contributed by atoms with Crippen molar-refractivity contribution in [1.29, 1.82) is 0 Å². The number of rotatable bonds is 4. The third kappa shape index (κ3) is 2.48. The first-order chi connectivity index (χ1) is 8.59. The molecule has 94 valence electrons. The molecule has 0 saturated heterocycles. The van der Waals surface area contributed by atoms with Gasteiger partial charge in [0.25, 0.3) is 5.69 Å². The fourth-order valence-electron chi connectivity index (χ4n) is 1.44. The van der Waals surface area contributed by atoms with Crippen LogP contribution in [0.4, 0.5) is 11.5 Å². The quantitative estimate of drug-likeness (QED) is 0.667. The number of halogens is 1. The van der Waals surface area contributed by atoms with Gasteiger partial charge in [-0.1, -0.05) is 0 Å². The number of aromatic nitrogens is 3. The van der Waals surface area contributed by atoms with Crippen molar-refractivity contribution in [3.63, 3.8) is 0 Å². The summed E-state index contributed by atoms with van der Waals surface area (Å²) in [5.41, 5.74) is 1.44. The highest BCUT2D eigenvalue weighted by molar-refractivity contribution is 9.10. The molecular weight excluding hydrogens is 302 g/mol. The maximum atomic E-state index is 10.7. The number of hydrogen-bond acceptors (Lipinski definition) is 5. The third-order valence-corrected chi connectivity index (χ3v) is 3.41. The number of H-pyrrole nitrogens is 1. The molecule has 0 unspecified atom stereocenters. The van der Waals surface area contributed by atoms with Crippen LogP contribution in [-0.4, -0.2) is 20.1 Å². The first-order valence-electron chi connectivity index (χ1n) is 5.11. The van der Waals surface area contributed by atoms with Crippen molar-refractivity contribution in [2.45, 2.75) is 13.5 Å². The van der Waals surface area contributed by atoms with Gasteiger partial charge in [0.1, 0.15) is 12.0 Å². The van der Waals surface area contributed by atoms with Crippen LogP contribution in [-0.2, 0) is 6.54 Å². The molecule has 2 N–H and O–H groups in total. The highest BCUT2D eigenvalue weighted by Crippen LogP contribution is 2.30. The van der Waals surface area contributed by atoms with E-state index in [0.717, 1.165) is 5.69 Å². The normalized spacial score (nSPS) is 10.3. The first-order valence-corrected chi connectivity index (χ1v) is 5.90. The molecule has 2 rings (SSSR count). The lowest BCUT2D eigenvalue weighted by Crippen LogP contribution is -2.04. The summed E-state index contributed by atoms with van der Waals surface area (Å²) in [6.45, 7) is 2.19. The molecule has 0 saturated carbocycles. The molecule has 2 heterocycles. The zero-order valence-corrected chi connectivity index (χ0v) is 11.1. The monoisotopic (exact) mass is 311 g/mol. The Kier molecular flexibility index (Phi) is 3.56. The van der Waals surface area contributed by atoms with Gasteiger partial charge in [0.15, 0.2) is 0 Å². The van der Waals surface area contributed by atoms with Crippen molar-refractivity contribution in [3.05, 3.63) is 44.3 Å². The van der Waals surface area contributed by atoms with E-state index < -0.39 is 4.92 Å². The van der Waals surface area contributed by atoms with Gasteiger partial charge in [-0.15, -0.1) is 0 Å². The first kappa shape index (κ1) is 12.5. The van der Waals surface area contributed by atoms with E-state index in [1.54, 1.807) is 13.1 Å².